The Hall–Kier alpha value is -2.81. The van der Waals surface area contributed by atoms with Crippen LogP contribution in [0.25, 0.3) is 22.2 Å². The van der Waals surface area contributed by atoms with E-state index < -0.39 is 0 Å². The fraction of sp³-hybridized carbons (Fsp3) is 0.381. The lowest BCUT2D eigenvalue weighted by atomic mass is 9.87. The van der Waals surface area contributed by atoms with Gasteiger partial charge in [0.25, 0.3) is 0 Å². The van der Waals surface area contributed by atoms with E-state index in [1.807, 2.05) is 16.8 Å². The van der Waals surface area contributed by atoms with Crippen molar-refractivity contribution in [2.45, 2.75) is 6.54 Å². The van der Waals surface area contributed by atoms with Crippen LogP contribution in [-0.2, 0) is 11.3 Å². The van der Waals surface area contributed by atoms with Gasteiger partial charge in [-0.2, -0.15) is 5.10 Å². The number of hydrogen-bond acceptors (Lipinski definition) is 7. The zero-order valence-electron chi connectivity index (χ0n) is 16.2. The predicted molar refractivity (Wildman–Crippen MR) is 111 cm³/mol. The molecule has 0 atom stereocenters. The lowest BCUT2D eigenvalue weighted by Crippen LogP contribution is -2.39. The highest BCUT2D eigenvalue weighted by Gasteiger charge is 2.31. The fourth-order valence-electron chi connectivity index (χ4n) is 4.22. The first-order valence-electron chi connectivity index (χ1n) is 10.0. The SMILES string of the molecule is NCCn1nc2c3c(c(NCCN4CCOCC4)ccc31)C(=O)c1ccncc1-2. The molecule has 1 aliphatic carbocycles. The van der Waals surface area contributed by atoms with Crippen molar-refractivity contribution >= 4 is 22.4 Å². The van der Waals surface area contributed by atoms with Crippen molar-refractivity contribution in [1.29, 1.82) is 0 Å². The van der Waals surface area contributed by atoms with Gasteiger partial charge in [-0.3, -0.25) is 19.4 Å². The molecule has 1 fully saturated rings. The third kappa shape index (κ3) is 3.09. The predicted octanol–water partition coefficient (Wildman–Crippen LogP) is 1.35. The highest BCUT2D eigenvalue weighted by Crippen LogP contribution is 2.41. The number of pyridine rings is 1. The smallest absolute Gasteiger partial charge is 0.196 e. The number of carbonyl (C=O) groups excluding carboxylic acids is 1. The Morgan fingerprint density at radius 2 is 2.00 bits per heavy atom. The van der Waals surface area contributed by atoms with Gasteiger partial charge in [0.2, 0.25) is 0 Å². The van der Waals surface area contributed by atoms with E-state index in [0.717, 1.165) is 67.2 Å². The molecular formula is C21H24N6O2. The van der Waals surface area contributed by atoms with Crippen LogP contribution in [0.15, 0.2) is 30.6 Å². The summed E-state index contributed by atoms with van der Waals surface area (Å²) in [4.78, 5) is 20.0. The van der Waals surface area contributed by atoms with Crippen molar-refractivity contribution in [3.8, 4) is 11.3 Å². The van der Waals surface area contributed by atoms with Gasteiger partial charge in [0.05, 0.1) is 30.8 Å². The van der Waals surface area contributed by atoms with Crippen LogP contribution in [-0.4, -0.2) is 71.4 Å². The number of benzene rings is 1. The van der Waals surface area contributed by atoms with E-state index in [1.165, 1.54) is 0 Å². The Morgan fingerprint density at radius 1 is 1.14 bits per heavy atom. The van der Waals surface area contributed by atoms with Crippen molar-refractivity contribution in [2.24, 2.45) is 5.73 Å². The Morgan fingerprint density at radius 3 is 2.83 bits per heavy atom. The highest BCUT2D eigenvalue weighted by atomic mass is 16.5. The molecule has 0 amide bonds. The molecule has 0 spiro atoms. The molecule has 150 valence electrons. The van der Waals surface area contributed by atoms with E-state index in [0.29, 0.717) is 24.2 Å². The summed E-state index contributed by atoms with van der Waals surface area (Å²) in [6.45, 7) is 6.22. The number of ether oxygens (including phenoxy) is 1. The van der Waals surface area contributed by atoms with Gasteiger partial charge in [0.15, 0.2) is 5.78 Å². The van der Waals surface area contributed by atoms with Crippen LogP contribution in [0.3, 0.4) is 0 Å². The first-order valence-corrected chi connectivity index (χ1v) is 10.0. The lowest BCUT2D eigenvalue weighted by molar-refractivity contribution is 0.0398. The maximum absolute atomic E-state index is 13.4. The van der Waals surface area contributed by atoms with E-state index >= 15 is 0 Å². The van der Waals surface area contributed by atoms with Crippen molar-refractivity contribution in [1.82, 2.24) is 19.7 Å². The number of fused-ring (bicyclic) bond motifs is 2. The monoisotopic (exact) mass is 392 g/mol. The normalized spacial score (nSPS) is 16.2. The summed E-state index contributed by atoms with van der Waals surface area (Å²) in [5.74, 6) is 0.0154. The maximum Gasteiger partial charge on any atom is 0.196 e. The number of rotatable bonds is 6. The minimum absolute atomic E-state index is 0.0154. The van der Waals surface area contributed by atoms with Crippen molar-refractivity contribution in [3.63, 3.8) is 0 Å². The average molecular weight is 392 g/mol. The number of aromatic nitrogens is 3. The van der Waals surface area contributed by atoms with Crippen LogP contribution in [0, 0.1) is 0 Å². The summed E-state index contributed by atoms with van der Waals surface area (Å²) < 4.78 is 7.30. The molecule has 3 N–H and O–H groups in total. The van der Waals surface area contributed by atoms with Crippen LogP contribution in [0.4, 0.5) is 5.69 Å². The first-order chi connectivity index (χ1) is 14.3. The molecule has 1 aromatic carbocycles. The van der Waals surface area contributed by atoms with E-state index in [-0.39, 0.29) is 5.78 Å². The Balaban J connectivity index is 1.54. The summed E-state index contributed by atoms with van der Waals surface area (Å²) in [5.41, 5.74) is 10.5. The van der Waals surface area contributed by atoms with Gasteiger partial charge in [-0.25, -0.2) is 0 Å². The molecule has 3 aromatic rings. The summed E-state index contributed by atoms with van der Waals surface area (Å²) in [7, 11) is 0. The van der Waals surface area contributed by atoms with Gasteiger partial charge in [0.1, 0.15) is 5.69 Å². The molecule has 0 unspecified atom stereocenters. The molecule has 1 saturated heterocycles. The zero-order chi connectivity index (χ0) is 19.8. The number of carbonyl (C=O) groups is 1. The van der Waals surface area contributed by atoms with Gasteiger partial charge in [-0.1, -0.05) is 0 Å². The van der Waals surface area contributed by atoms with Crippen LogP contribution in [0.2, 0.25) is 0 Å². The van der Waals surface area contributed by atoms with E-state index in [2.05, 4.69) is 15.2 Å². The molecule has 8 nitrogen and oxygen atoms in total. The number of ketones is 1. The second-order valence-corrected chi connectivity index (χ2v) is 7.37. The Kier molecular flexibility index (Phi) is 4.75. The lowest BCUT2D eigenvalue weighted by Gasteiger charge is -2.27. The Bertz CT molecular complexity index is 1070. The molecule has 5 rings (SSSR count). The number of anilines is 1. The molecule has 8 heteroatoms. The number of nitrogens with zero attached hydrogens (tertiary/aromatic N) is 4. The van der Waals surface area contributed by atoms with E-state index in [1.54, 1.807) is 18.5 Å². The molecule has 0 radical (unpaired) electrons. The molecular weight excluding hydrogens is 368 g/mol. The van der Waals surface area contributed by atoms with E-state index in [9.17, 15) is 4.79 Å². The summed E-state index contributed by atoms with van der Waals surface area (Å²) in [6.07, 6.45) is 3.38. The molecule has 2 aromatic heterocycles. The van der Waals surface area contributed by atoms with Crippen LogP contribution >= 0.6 is 0 Å². The summed E-state index contributed by atoms with van der Waals surface area (Å²) in [6, 6.07) is 5.79. The van der Waals surface area contributed by atoms with E-state index in [4.69, 9.17) is 15.6 Å². The molecule has 3 heterocycles. The van der Waals surface area contributed by atoms with Crippen molar-refractivity contribution < 1.29 is 9.53 Å². The minimum Gasteiger partial charge on any atom is -0.383 e. The summed E-state index contributed by atoms with van der Waals surface area (Å²) >= 11 is 0. The van der Waals surface area contributed by atoms with Gasteiger partial charge in [-0.15, -0.1) is 0 Å². The molecule has 1 aliphatic heterocycles. The van der Waals surface area contributed by atoms with Gasteiger partial charge < -0.3 is 15.8 Å². The molecule has 0 bridgehead atoms. The molecule has 0 saturated carbocycles. The van der Waals surface area contributed by atoms with Gasteiger partial charge in [0, 0.05) is 67.3 Å². The number of nitrogens with one attached hydrogen (secondary N) is 1. The average Bonchev–Trinajstić information content (AvgIpc) is 3.12. The fourth-order valence-corrected chi connectivity index (χ4v) is 4.22. The quantitative estimate of drug-likeness (QED) is 0.511. The number of nitrogens with two attached hydrogens (primary N) is 1. The standard InChI is InChI=1S/C21H24N6O2/c22-4-7-27-17-2-1-16(24-6-8-26-9-11-29-12-10-26)18-19(17)20(25-27)15-13-23-5-3-14(15)21(18)28/h1-3,5,13,24H,4,6-12,22H2. The third-order valence-corrected chi connectivity index (χ3v) is 5.65. The largest absolute Gasteiger partial charge is 0.383 e. The third-order valence-electron chi connectivity index (χ3n) is 5.65. The Labute approximate surface area is 168 Å². The highest BCUT2D eigenvalue weighted by molar-refractivity contribution is 6.27. The second kappa shape index (κ2) is 7.55. The summed E-state index contributed by atoms with van der Waals surface area (Å²) in [5, 5.41) is 9.15. The second-order valence-electron chi connectivity index (χ2n) is 7.37. The molecule has 29 heavy (non-hydrogen) atoms. The van der Waals surface area contributed by atoms with Gasteiger partial charge >= 0.3 is 0 Å². The van der Waals surface area contributed by atoms with Crippen molar-refractivity contribution in [3.05, 3.63) is 41.7 Å². The van der Waals surface area contributed by atoms with Gasteiger partial charge in [-0.05, 0) is 18.2 Å². The first kappa shape index (κ1) is 18.2. The maximum atomic E-state index is 13.4. The number of hydrogen-bond donors (Lipinski definition) is 2. The topological polar surface area (TPSA) is 98.3 Å². The van der Waals surface area contributed by atoms with Crippen LogP contribution < -0.4 is 11.1 Å². The van der Waals surface area contributed by atoms with Crippen molar-refractivity contribution in [2.75, 3.05) is 51.3 Å². The van der Waals surface area contributed by atoms with Crippen LogP contribution in [0.1, 0.15) is 15.9 Å². The van der Waals surface area contributed by atoms with Crippen LogP contribution in [0.5, 0.6) is 0 Å². The zero-order valence-corrected chi connectivity index (χ0v) is 16.2. The minimum atomic E-state index is 0.0154. The number of morpholine rings is 1. The molecule has 2 aliphatic rings.